The van der Waals surface area contributed by atoms with Gasteiger partial charge in [-0.05, 0) is 0 Å². The van der Waals surface area contributed by atoms with E-state index in [2.05, 4.69) is 0 Å². The molecule has 0 saturated heterocycles. The van der Waals surface area contributed by atoms with Crippen LogP contribution >= 0.6 is 23.2 Å². The van der Waals surface area contributed by atoms with Crippen LogP contribution in [0, 0.1) is 31.9 Å². The zero-order valence-corrected chi connectivity index (χ0v) is 14.4. The summed E-state index contributed by atoms with van der Waals surface area (Å²) in [6, 6.07) is 3.21. The van der Waals surface area contributed by atoms with E-state index >= 15 is 0 Å². The third kappa shape index (κ3) is 5.54. The van der Waals surface area contributed by atoms with Gasteiger partial charge in [0.1, 0.15) is 11.4 Å². The zero-order chi connectivity index (χ0) is 20.9. The van der Waals surface area contributed by atoms with Gasteiger partial charge in [0, 0.05) is 29.8 Å². The number of carboxylic acid groups (broad SMARTS) is 1. The van der Waals surface area contributed by atoms with Crippen LogP contribution in [0.4, 0.5) is 20.2 Å². The Morgan fingerprint density at radius 2 is 1.41 bits per heavy atom. The van der Waals surface area contributed by atoms with Gasteiger partial charge < -0.3 is 10.2 Å². The molecule has 0 aliphatic rings. The van der Waals surface area contributed by atoms with Gasteiger partial charge >= 0.3 is 5.97 Å². The molecule has 9 nitrogen and oxygen atoms in total. The number of carbonyl (C=O) groups is 1. The fraction of sp³-hybridized carbons (Fsp3) is 0.0714. The van der Waals surface area contributed by atoms with Crippen LogP contribution in [0.5, 0.6) is 0 Å². The number of benzene rings is 2. The number of carboxylic acids is 1. The highest BCUT2D eigenvalue weighted by Crippen LogP contribution is 2.26. The van der Waals surface area contributed by atoms with Crippen molar-refractivity contribution in [3.8, 4) is 0 Å². The average molecular weight is 425 g/mol. The van der Waals surface area contributed by atoms with E-state index in [4.69, 9.17) is 33.4 Å². The fourth-order valence-electron chi connectivity index (χ4n) is 1.69. The van der Waals surface area contributed by atoms with Gasteiger partial charge in [0.15, 0.2) is 5.82 Å². The quantitative estimate of drug-likeness (QED) is 0.557. The number of hydrogen-bond acceptors (Lipinski definition) is 6. The Hall–Kier alpha value is -2.89. The maximum Gasteiger partial charge on any atom is 0.338 e. The van der Waals surface area contributed by atoms with E-state index < -0.39 is 50.3 Å². The maximum absolute atomic E-state index is 13.0. The van der Waals surface area contributed by atoms with Crippen LogP contribution in [0.3, 0.4) is 0 Å². The van der Waals surface area contributed by atoms with Crippen molar-refractivity contribution >= 4 is 40.5 Å². The molecule has 2 N–H and O–H groups in total. The number of rotatable bonds is 4. The lowest BCUT2D eigenvalue weighted by molar-refractivity contribution is -0.385. The molecular formula is C14H8Cl2F2N2O7. The Morgan fingerprint density at radius 3 is 1.81 bits per heavy atom. The summed E-state index contributed by atoms with van der Waals surface area (Å²) >= 11 is 10.6. The lowest BCUT2D eigenvalue weighted by Gasteiger charge is -2.00. The van der Waals surface area contributed by atoms with Gasteiger partial charge in [-0.1, -0.05) is 23.2 Å². The summed E-state index contributed by atoms with van der Waals surface area (Å²) in [5.41, 5.74) is -1.90. The van der Waals surface area contributed by atoms with Gasteiger partial charge in [0.2, 0.25) is 0 Å². The number of non-ortho nitro benzene ring substituents is 2. The van der Waals surface area contributed by atoms with Crippen LogP contribution in [0.1, 0.15) is 15.9 Å². The molecule has 2 rings (SSSR count). The SMILES string of the molecule is O=C(O)c1cc([N+](=O)[O-])cc(Cl)c1F.O=[N+]([O-])c1cc(Cl)c(F)c(CO)c1. The smallest absolute Gasteiger partial charge is 0.338 e. The molecular weight excluding hydrogens is 417 g/mol. The molecule has 0 saturated carbocycles. The van der Waals surface area contributed by atoms with E-state index in [0.29, 0.717) is 6.07 Å². The summed E-state index contributed by atoms with van der Waals surface area (Å²) < 4.78 is 25.9. The Kier molecular flexibility index (Phi) is 7.52. The van der Waals surface area contributed by atoms with Crippen molar-refractivity contribution in [2.24, 2.45) is 0 Å². The number of nitro benzene ring substituents is 2. The lowest BCUT2D eigenvalue weighted by atomic mass is 10.2. The average Bonchev–Trinajstić information content (AvgIpc) is 2.59. The van der Waals surface area contributed by atoms with Gasteiger partial charge in [-0.3, -0.25) is 20.2 Å². The first-order valence-corrected chi connectivity index (χ1v) is 7.35. The number of nitro groups is 2. The highest BCUT2D eigenvalue weighted by atomic mass is 35.5. The van der Waals surface area contributed by atoms with Gasteiger partial charge in [-0.25, -0.2) is 13.6 Å². The van der Waals surface area contributed by atoms with Crippen LogP contribution in [-0.2, 0) is 6.61 Å². The maximum atomic E-state index is 13.0. The van der Waals surface area contributed by atoms with Crippen molar-refractivity contribution in [1.29, 1.82) is 0 Å². The van der Waals surface area contributed by atoms with Crippen molar-refractivity contribution in [3.63, 3.8) is 0 Å². The normalized spacial score (nSPS) is 9.96. The molecule has 0 amide bonds. The fourth-order valence-corrected chi connectivity index (χ4v) is 2.13. The van der Waals surface area contributed by atoms with Crippen LogP contribution < -0.4 is 0 Å². The summed E-state index contributed by atoms with van der Waals surface area (Å²) in [7, 11) is 0. The van der Waals surface area contributed by atoms with Gasteiger partial charge in [-0.15, -0.1) is 0 Å². The molecule has 2 aromatic rings. The topological polar surface area (TPSA) is 144 Å². The van der Waals surface area contributed by atoms with Crippen molar-refractivity contribution in [3.05, 3.63) is 77.3 Å². The second-order valence-corrected chi connectivity index (χ2v) is 5.48. The van der Waals surface area contributed by atoms with Crippen LogP contribution in [0.15, 0.2) is 24.3 Å². The highest BCUT2D eigenvalue weighted by Gasteiger charge is 2.19. The molecule has 0 aliphatic carbocycles. The second-order valence-electron chi connectivity index (χ2n) is 4.67. The van der Waals surface area contributed by atoms with Crippen LogP contribution in [0.2, 0.25) is 10.0 Å². The van der Waals surface area contributed by atoms with Crippen LogP contribution in [0.25, 0.3) is 0 Å². The molecule has 0 unspecified atom stereocenters. The Bertz CT molecular complexity index is 925. The second kappa shape index (κ2) is 9.16. The Labute approximate surface area is 158 Å². The van der Waals surface area contributed by atoms with E-state index in [-0.39, 0.29) is 16.3 Å². The molecule has 27 heavy (non-hydrogen) atoms. The molecule has 0 atom stereocenters. The number of aliphatic hydroxyl groups is 1. The molecule has 2 aromatic carbocycles. The molecule has 0 bridgehead atoms. The summed E-state index contributed by atoms with van der Waals surface area (Å²) in [6.45, 7) is -0.618. The molecule has 0 fully saturated rings. The van der Waals surface area contributed by atoms with E-state index in [1.807, 2.05) is 0 Å². The Morgan fingerprint density at radius 1 is 0.963 bits per heavy atom. The zero-order valence-electron chi connectivity index (χ0n) is 12.9. The van der Waals surface area contributed by atoms with Crippen molar-refractivity contribution in [2.45, 2.75) is 6.61 Å². The number of aromatic carboxylic acids is 1. The first-order chi connectivity index (χ1) is 12.5. The van der Waals surface area contributed by atoms with Crippen molar-refractivity contribution in [1.82, 2.24) is 0 Å². The third-order valence-corrected chi connectivity index (χ3v) is 3.47. The standard InChI is InChI=1S/C7H3ClFNO4.C7H5ClFNO3/c8-5-2-3(10(13)14)1-4(6(5)9)7(11)12;8-6-2-5(10(12)13)1-4(3-11)7(6)9/h1-2H,(H,11,12);1-2,11H,3H2. The summed E-state index contributed by atoms with van der Waals surface area (Å²) in [6.07, 6.45) is 0. The molecule has 13 heteroatoms. The number of aliphatic hydroxyl groups excluding tert-OH is 1. The van der Waals surface area contributed by atoms with Crippen molar-refractivity contribution < 1.29 is 33.6 Å². The van der Waals surface area contributed by atoms with Crippen molar-refractivity contribution in [2.75, 3.05) is 0 Å². The van der Waals surface area contributed by atoms with Crippen LogP contribution in [-0.4, -0.2) is 26.0 Å². The van der Waals surface area contributed by atoms with Gasteiger partial charge in [0.25, 0.3) is 11.4 Å². The highest BCUT2D eigenvalue weighted by molar-refractivity contribution is 6.31. The minimum atomic E-state index is -1.60. The van der Waals surface area contributed by atoms with Gasteiger partial charge in [0.05, 0.1) is 26.5 Å². The number of hydrogen-bond donors (Lipinski definition) is 2. The monoisotopic (exact) mass is 424 g/mol. The summed E-state index contributed by atoms with van der Waals surface area (Å²) in [5, 5.41) is 36.7. The Balaban J connectivity index is 0.000000271. The molecule has 0 aromatic heterocycles. The van der Waals surface area contributed by atoms with E-state index in [9.17, 15) is 33.8 Å². The molecule has 0 heterocycles. The van der Waals surface area contributed by atoms with E-state index in [1.54, 1.807) is 0 Å². The molecule has 0 spiro atoms. The first-order valence-electron chi connectivity index (χ1n) is 6.59. The predicted molar refractivity (Wildman–Crippen MR) is 89.0 cm³/mol. The summed E-state index contributed by atoms with van der Waals surface area (Å²) in [5.74, 6) is -3.60. The first kappa shape index (κ1) is 22.2. The lowest BCUT2D eigenvalue weighted by Crippen LogP contribution is -2.02. The number of halogens is 4. The molecule has 0 radical (unpaired) electrons. The molecule has 0 aliphatic heterocycles. The van der Waals surface area contributed by atoms with Gasteiger partial charge in [-0.2, -0.15) is 0 Å². The van der Waals surface area contributed by atoms with E-state index in [0.717, 1.165) is 18.2 Å². The minimum Gasteiger partial charge on any atom is -0.478 e. The molecule has 144 valence electrons. The minimum absolute atomic E-state index is 0.181. The largest absolute Gasteiger partial charge is 0.478 e. The number of nitrogens with zero attached hydrogens (tertiary/aromatic N) is 2. The summed E-state index contributed by atoms with van der Waals surface area (Å²) in [4.78, 5) is 29.4. The third-order valence-electron chi connectivity index (χ3n) is 2.92. The van der Waals surface area contributed by atoms with E-state index in [1.165, 1.54) is 0 Å². The predicted octanol–water partition coefficient (Wildman–Crippen LogP) is 3.97.